The Balaban J connectivity index is 1.14. The van der Waals surface area contributed by atoms with Crippen LogP contribution in [0, 0.1) is 64.6 Å². The van der Waals surface area contributed by atoms with E-state index in [1.165, 1.54) is 34.9 Å². The molecule has 6 aliphatic rings. The lowest BCUT2D eigenvalue weighted by Crippen LogP contribution is -2.59. The Labute approximate surface area is 887 Å². The molecule has 860 valence electrons. The third kappa shape index (κ3) is 50.7. The van der Waals surface area contributed by atoms with Crippen molar-refractivity contribution >= 4 is 92.1 Å². The normalized spacial score (nSPS) is 28.1. The largest absolute Gasteiger partial charge is 0.475 e. The summed E-state index contributed by atoms with van der Waals surface area (Å²) in [6.45, 7) is 22.3. The first kappa shape index (κ1) is 130. The van der Waals surface area contributed by atoms with E-state index in [4.69, 9.17) is 105 Å². The number of ether oxygens (including phenoxy) is 17. The Kier molecular flexibility index (Phi) is 62.1. The van der Waals surface area contributed by atoms with Crippen LogP contribution in [0.5, 0.6) is 0 Å². The van der Waals surface area contributed by atoms with Gasteiger partial charge in [-0.1, -0.05) is 75.2 Å². The molecule has 0 aliphatic carbocycles. The third-order valence-electron chi connectivity index (χ3n) is 28.9. The monoisotopic (exact) mass is 2180 g/mol. The Morgan fingerprint density at radius 1 is 0.447 bits per heavy atom. The molecule has 43 nitrogen and oxygen atoms in total. The van der Waals surface area contributed by atoms with Crippen molar-refractivity contribution < 1.29 is 181 Å². The number of phosphoric ester groups is 2. The number of unbranched alkanes of at least 4 members (excludes halogenated alkanes) is 8. The summed E-state index contributed by atoms with van der Waals surface area (Å²) in [5, 5.41) is 17.5. The van der Waals surface area contributed by atoms with Crippen molar-refractivity contribution in [2.24, 2.45) is 53.3 Å². The Morgan fingerprint density at radius 3 is 1.34 bits per heavy atom. The van der Waals surface area contributed by atoms with Crippen LogP contribution in [0.3, 0.4) is 0 Å². The number of nitriles is 1. The van der Waals surface area contributed by atoms with Gasteiger partial charge in [0, 0.05) is 169 Å². The second-order valence-electron chi connectivity index (χ2n) is 41.0. The summed E-state index contributed by atoms with van der Waals surface area (Å²) in [6, 6.07) is 0.641. The van der Waals surface area contributed by atoms with Gasteiger partial charge in [0.25, 0.3) is 0 Å². The molecule has 4 N–H and O–H groups in total. The molecule has 0 aromatic carbocycles. The van der Waals surface area contributed by atoms with Gasteiger partial charge in [0.15, 0.2) is 18.9 Å². The lowest BCUT2D eigenvalue weighted by molar-refractivity contribution is -0.255. The summed E-state index contributed by atoms with van der Waals surface area (Å²) < 4.78 is 166. The maximum atomic E-state index is 15.0. The minimum atomic E-state index is -5.26. The molecule has 6 heterocycles. The number of nitrogens with zero attached hydrogens (tertiary/aromatic N) is 2. The molecule has 0 bridgehead atoms. The number of phosphoric acid groups is 2. The number of amides is 4. The Morgan fingerprint density at radius 2 is 0.893 bits per heavy atom. The summed E-state index contributed by atoms with van der Waals surface area (Å²) >= 11 is 0. The van der Waals surface area contributed by atoms with Crippen LogP contribution >= 0.6 is 15.6 Å². The van der Waals surface area contributed by atoms with Crippen LogP contribution in [-0.2, 0) is 175 Å². The minimum absolute atomic E-state index is 0.0501. The number of nitrogens with one attached hydrogen (secondary N) is 3. The van der Waals surface area contributed by atoms with Crippen molar-refractivity contribution in [1.82, 2.24) is 20.9 Å². The minimum Gasteiger partial charge on any atom is -0.463 e. The van der Waals surface area contributed by atoms with Crippen molar-refractivity contribution in [3.63, 3.8) is 0 Å². The second-order valence-corrected chi connectivity index (χ2v) is 44.0. The van der Waals surface area contributed by atoms with E-state index in [2.05, 4.69) is 78.3 Å². The van der Waals surface area contributed by atoms with Crippen LogP contribution in [0.4, 0.5) is 0 Å². The lowest BCUT2D eigenvalue weighted by Gasteiger charge is -2.43. The van der Waals surface area contributed by atoms with Crippen molar-refractivity contribution in [1.29, 1.82) is 5.26 Å². The molecule has 6 aliphatic heterocycles. The van der Waals surface area contributed by atoms with Crippen molar-refractivity contribution in [2.45, 2.75) is 387 Å². The fourth-order valence-electron chi connectivity index (χ4n) is 18.6. The maximum Gasteiger partial charge on any atom is 0.475 e. The SMILES string of the molecule is [2H][C@H]1O[C@@H](C)[C@H](OCCOC)[C@@H]1OP(=O)(OCCC#N)OC[C@H]1O[C@@H](C)C[C@@H]1OP(=O)(O)OC[C@@H]1C[C@@H](OC(=O)CCC(=O)NC)CN1C(=O)CC(=O)NC(COCCC(=O)CCCCCC(=O)CCCCO[C@@H]1OC(COC(C)=O)[C@H](C)[C@H](C)C1C)(COCCC(=O)CCCCCC(=O)CCCCO[C@@H]1OC(COC(C)=O)[C@H](C)[C@H](C)C1C)COCCC(=O)NCCCCC(=O)CCCCO[C@@H]1OC(COC(C)=O)[C@H](C)[C@H](C)C1C. The summed E-state index contributed by atoms with van der Waals surface area (Å²) in [5.41, 5.74) is -1.77. The maximum absolute atomic E-state index is 15.0. The Hall–Kier alpha value is -6.70. The standard InChI is InChI=1S/C105H177N5O38P2/c1-69-56-90(94(142-69)65-141-150(126,139-50-31-45-106)148-95-64-135-79(11)101(95)131-55-54-127-16)147-149(124,125)140-60-83-57-89(143-100(123)41-40-96(119)107-15)59-110(83)99(122)58-98(121)109-105(66-128-51-42-87(117)34-21-17-19-32-84(114)37-24-28-47-132-102-76(8)70(2)73(5)91(144-102)61-136-80(12)111,67-129-52-43-88(118)35-22-18-20-33-85(115)38-25-29-48-133-103-77(9)71(3)74(6)92(145-103)62-137-81(13)112)68-130-53-44-97(120)108-46-27-23-36-86(116)39-26-30-49-134-104-78(10)72(4)75(7)93(146-104)63-138-82(14)113/h69-79,83,89-95,101-104H,17-44,46-68H2,1-16H3,(H,107,119)(H,108,120)(H,109,121)(H,124,125)/t69-,70-,71-,72-,73+,74+,75+,76?,77?,78?,79-,83-,89+,90-,91?,92?,93?,94+,95+,101-,102+,103+,104+,105?,150?/m0/s1/i64D/t64-,69+,70+,71+,72+,73-,74-,75-,76?,77?,78?,79+,83+,89-,90+,91?,92?,93?,94-,95-,101+,102-,103-,104-,105?,150?/m1. The fraction of sp³-hybridized carbons (Fsp3) is 0.867. The van der Waals surface area contributed by atoms with Crippen molar-refractivity contribution in [3.05, 3.63) is 0 Å². The van der Waals surface area contributed by atoms with Crippen LogP contribution in [0.25, 0.3) is 0 Å². The van der Waals surface area contributed by atoms with E-state index in [1.54, 1.807) is 13.8 Å². The fourth-order valence-corrected chi connectivity index (χ4v) is 20.9. The zero-order valence-electron chi connectivity index (χ0n) is 92.6. The van der Waals surface area contributed by atoms with Gasteiger partial charge in [-0.25, -0.2) is 9.13 Å². The zero-order valence-corrected chi connectivity index (χ0v) is 93.3. The first-order valence-electron chi connectivity index (χ1n) is 54.7. The van der Waals surface area contributed by atoms with Crippen molar-refractivity contribution in [2.75, 3.05) is 146 Å². The topological polar surface area (TPSA) is 542 Å². The molecule has 4 amide bonds. The Bertz CT molecular complexity index is 4030. The number of carbonyl (C=O) groups is 13. The number of methoxy groups -OCH3 is 1. The number of Topliss-reactive ketones (excluding diaryl/α,β-unsaturated/α-hetero) is 5. The average molecular weight is 2180 g/mol. The molecule has 150 heavy (non-hydrogen) atoms. The molecular weight excluding hydrogens is 2000 g/mol. The van der Waals surface area contributed by atoms with E-state index in [-0.39, 0.29) is 248 Å². The molecule has 0 aromatic heterocycles. The number of hydrogen-bond acceptors (Lipinski definition) is 38. The van der Waals surface area contributed by atoms with E-state index < -0.39 is 178 Å². The molecule has 0 aromatic rings. The van der Waals surface area contributed by atoms with Crippen molar-refractivity contribution in [3.8, 4) is 6.07 Å². The van der Waals surface area contributed by atoms with Gasteiger partial charge in [-0.15, -0.1) is 0 Å². The highest BCUT2D eigenvalue weighted by molar-refractivity contribution is 7.48. The third-order valence-corrected chi connectivity index (χ3v) is 31.4. The van der Waals surface area contributed by atoms with Crippen LogP contribution in [-0.4, -0.2) is 324 Å². The summed E-state index contributed by atoms with van der Waals surface area (Å²) in [5.74, 6) is -3.43. The first-order valence-corrected chi connectivity index (χ1v) is 57.1. The number of ketones is 5. The van der Waals surface area contributed by atoms with Gasteiger partial charge in [-0.3, -0.25) is 84.9 Å². The first-order chi connectivity index (χ1) is 71.9. The van der Waals surface area contributed by atoms with Gasteiger partial charge in [-0.2, -0.15) is 5.26 Å². The molecule has 0 spiro atoms. The molecule has 0 saturated carbocycles. The predicted octanol–water partition coefficient (Wildman–Crippen LogP) is 12.2. The lowest BCUT2D eigenvalue weighted by atomic mass is 9.79. The molecule has 6 fully saturated rings. The van der Waals surface area contributed by atoms with Gasteiger partial charge in [-0.05, 0) is 126 Å². The van der Waals surface area contributed by atoms with Gasteiger partial charge < -0.3 is 106 Å². The summed E-state index contributed by atoms with van der Waals surface area (Å²) in [6.07, 6.45) is -2.16. The highest BCUT2D eigenvalue weighted by Gasteiger charge is 2.49. The summed E-state index contributed by atoms with van der Waals surface area (Å²) in [7, 11) is -7.16. The predicted molar refractivity (Wildman–Crippen MR) is 542 cm³/mol. The quantitative estimate of drug-likeness (QED) is 0.0144. The molecule has 6 rings (SSSR count). The van der Waals surface area contributed by atoms with E-state index in [1.807, 2.05) is 6.07 Å². The van der Waals surface area contributed by atoms with Crippen LogP contribution in [0.15, 0.2) is 0 Å². The molecule has 26 atom stereocenters. The van der Waals surface area contributed by atoms with Gasteiger partial charge in [0.05, 0.1) is 143 Å². The van der Waals surface area contributed by atoms with E-state index in [9.17, 15) is 81.6 Å². The van der Waals surface area contributed by atoms with Gasteiger partial charge >= 0.3 is 39.5 Å². The number of rotatable bonds is 80. The average Bonchev–Trinajstić information content (AvgIpc) is 0.897. The van der Waals surface area contributed by atoms with Gasteiger partial charge in [0.2, 0.25) is 23.6 Å². The molecule has 8 unspecified atom stereocenters. The van der Waals surface area contributed by atoms with Crippen LogP contribution in [0.2, 0.25) is 0 Å². The van der Waals surface area contributed by atoms with Gasteiger partial charge in [0.1, 0.15) is 91.2 Å². The highest BCUT2D eigenvalue weighted by atomic mass is 31.2. The van der Waals surface area contributed by atoms with Crippen LogP contribution < -0.4 is 16.0 Å². The number of hydrogen-bond donors (Lipinski definition) is 4. The number of likely N-dealkylation sites (tertiary alicyclic amines) is 1. The summed E-state index contributed by atoms with van der Waals surface area (Å²) in [4.78, 5) is 183. The molecule has 45 heteroatoms. The molecule has 6 saturated heterocycles. The molecule has 0 radical (unpaired) electrons. The zero-order chi connectivity index (χ0) is 111. The van der Waals surface area contributed by atoms with E-state index in [0.29, 0.717) is 142 Å². The van der Waals surface area contributed by atoms with E-state index in [0.717, 1.165) is 4.90 Å². The number of carbonyl (C=O) groups excluding carboxylic acids is 13. The second kappa shape index (κ2) is 71.5. The highest BCUT2D eigenvalue weighted by Crippen LogP contribution is 2.54. The van der Waals surface area contributed by atoms with Crippen LogP contribution in [0.1, 0.15) is 297 Å². The molecular formula is C105H177N5O38P2. The number of esters is 4. The smallest absolute Gasteiger partial charge is 0.463 e. The van der Waals surface area contributed by atoms with E-state index >= 15 is 0 Å².